The van der Waals surface area contributed by atoms with Crippen molar-refractivity contribution in [3.05, 3.63) is 172 Å². The number of H-pyrrole nitrogens is 3. The minimum Gasteiger partial charge on any atom is -0.504 e. The van der Waals surface area contributed by atoms with Crippen molar-refractivity contribution in [2.75, 3.05) is 138 Å². The molecule has 0 bridgehead atoms. The number of piperidine rings is 5. The molecule has 3 aromatic heterocycles. The first-order valence-electron chi connectivity index (χ1n) is 41.2. The third-order valence-electron chi connectivity index (χ3n) is 26.6. The number of hydrogen-bond donors (Lipinski definition) is 4. The average Bonchev–Trinajstić information content (AvgIpc) is 1.65. The number of esters is 4. The molecule has 12 heterocycles. The highest BCUT2D eigenvalue weighted by Crippen LogP contribution is 2.54. The number of hydrogen-bond acceptors (Lipinski definition) is 22. The third kappa shape index (κ3) is 16.1. The Bertz CT molecular complexity index is 4780. The number of aliphatic imine (C=N–C) groups is 1. The number of carbonyl (C=O) groups excluding carboxylic acids is 4. The normalized spacial score (nSPS) is 26.2. The number of aliphatic hydroxyl groups is 1. The molecule has 16 rings (SSSR count). The Morgan fingerprint density at radius 2 is 0.769 bits per heavy atom. The molecular weight excluding hydrogens is 1490 g/mol. The summed E-state index contributed by atoms with van der Waals surface area (Å²) < 4.78 is 63.6. The van der Waals surface area contributed by atoms with Crippen LogP contribution in [0.1, 0.15) is 130 Å². The van der Waals surface area contributed by atoms with Crippen molar-refractivity contribution in [2.45, 2.75) is 121 Å². The highest BCUT2D eigenvalue weighted by Gasteiger charge is 2.55. The quantitative estimate of drug-likeness (QED) is 0.0181. The molecule has 0 aliphatic carbocycles. The molecule has 0 saturated carbocycles. The van der Waals surface area contributed by atoms with Gasteiger partial charge in [0, 0.05) is 108 Å². The number of carbonyl (C=O) groups is 4. The lowest BCUT2D eigenvalue weighted by Crippen LogP contribution is -2.60. The van der Waals surface area contributed by atoms with Crippen LogP contribution in [0.2, 0.25) is 0 Å². The fourth-order valence-corrected chi connectivity index (χ4v) is 21.1. The Morgan fingerprint density at radius 1 is 0.444 bits per heavy atom. The van der Waals surface area contributed by atoms with E-state index < -0.39 is 5.60 Å². The van der Waals surface area contributed by atoms with Gasteiger partial charge in [0.1, 0.15) is 28.6 Å². The number of fused-ring (bicyclic) bond motifs is 20. The van der Waals surface area contributed by atoms with Gasteiger partial charge in [0.15, 0.2) is 0 Å². The molecule has 0 unspecified atom stereocenters. The summed E-state index contributed by atoms with van der Waals surface area (Å²) in [6.07, 6.45) is 17.9. The Labute approximate surface area is 686 Å². The maximum atomic E-state index is 12.5. The van der Waals surface area contributed by atoms with Gasteiger partial charge in [-0.15, -0.1) is 6.58 Å². The zero-order valence-corrected chi connectivity index (χ0v) is 70.6. The molecule has 25 nitrogen and oxygen atoms in total. The third-order valence-corrected chi connectivity index (χ3v) is 26.6. The lowest BCUT2D eigenvalue weighted by molar-refractivity contribution is -0.138. The van der Waals surface area contributed by atoms with E-state index in [1.54, 1.807) is 69.4 Å². The van der Waals surface area contributed by atoms with Crippen LogP contribution < -0.4 is 18.9 Å². The van der Waals surface area contributed by atoms with Crippen molar-refractivity contribution < 1.29 is 81.1 Å². The van der Waals surface area contributed by atoms with Crippen LogP contribution in [-0.4, -0.2) is 213 Å². The molecule has 13 atom stereocenters. The minimum atomic E-state index is -1.14. The Kier molecular flexibility index (Phi) is 27.0. The SMILES string of the molecule is C=C[C@H]1CN2CCc3c([nH]c4cccc(OC)c34)[C@@H]2C[C@@H]1/C(=C\OC)C(=O)OC.CC[C@@H]1CN2CC[C@@]3(O)C(=Nc4cccc(OC)c43)[C@@H]2C[C@@H]1/C(=C\OC)C(=O)OC.CC[C@@H]1CN2CCc3c([nH]c4cccc(OC)c34)[C@@H]2C[C@@H]1/C(=C\OC)C(=O)OC.CC[C@@H]1CN2CCc3c([nH]c4cccc(OC)c34)[C@H]2C[C@@H]1/C(=C\OC)C(=O)OC. The number of nitrogens with zero attached hydrogens (tertiary/aromatic N) is 5. The zero-order valence-electron chi connectivity index (χ0n) is 70.6. The predicted molar refractivity (Wildman–Crippen MR) is 448 cm³/mol. The molecule has 4 aromatic carbocycles. The maximum absolute atomic E-state index is 12.5. The number of methoxy groups -OCH3 is 12. The van der Waals surface area contributed by atoms with E-state index in [9.17, 15) is 24.3 Å². The van der Waals surface area contributed by atoms with Gasteiger partial charge < -0.3 is 76.9 Å². The van der Waals surface area contributed by atoms with Gasteiger partial charge in [-0.1, -0.05) is 70.4 Å². The molecule has 4 N–H and O–H groups in total. The number of benzene rings is 4. The van der Waals surface area contributed by atoms with Crippen LogP contribution in [0.25, 0.3) is 32.7 Å². The molecule has 9 aliphatic rings. The molecule has 7 aromatic rings. The second kappa shape index (κ2) is 37.3. The highest BCUT2D eigenvalue weighted by atomic mass is 16.5. The first-order valence-corrected chi connectivity index (χ1v) is 41.2. The Morgan fingerprint density at radius 3 is 1.11 bits per heavy atom. The number of rotatable bonds is 20. The molecule has 9 aliphatic heterocycles. The molecule has 0 radical (unpaired) electrons. The maximum Gasteiger partial charge on any atom is 0.337 e. The van der Waals surface area contributed by atoms with Crippen LogP contribution >= 0.6 is 0 Å². The zero-order chi connectivity index (χ0) is 83.1. The lowest BCUT2D eigenvalue weighted by Gasteiger charge is -2.50. The van der Waals surface area contributed by atoms with Crippen molar-refractivity contribution >= 4 is 68.0 Å². The van der Waals surface area contributed by atoms with Crippen molar-refractivity contribution in [3.63, 3.8) is 0 Å². The van der Waals surface area contributed by atoms with Crippen molar-refractivity contribution in [1.29, 1.82) is 0 Å². The second-order valence-corrected chi connectivity index (χ2v) is 31.9. The van der Waals surface area contributed by atoms with Gasteiger partial charge in [-0.05, 0) is 158 Å². The summed E-state index contributed by atoms with van der Waals surface area (Å²) in [7, 11) is 18.7. The topological polar surface area (TPSA) is 272 Å². The molecule has 5 fully saturated rings. The van der Waals surface area contributed by atoms with Crippen molar-refractivity contribution in [2.24, 2.45) is 52.3 Å². The summed E-state index contributed by atoms with van der Waals surface area (Å²) >= 11 is 0. The molecule has 5 saturated heterocycles. The van der Waals surface area contributed by atoms with Crippen LogP contribution in [0.4, 0.5) is 5.69 Å². The molecule has 0 spiro atoms. The summed E-state index contributed by atoms with van der Waals surface area (Å²) in [6.45, 7) is 18.0. The number of ether oxygens (including phenoxy) is 12. The fourth-order valence-electron chi connectivity index (χ4n) is 21.1. The van der Waals surface area contributed by atoms with Gasteiger partial charge in [0.25, 0.3) is 0 Å². The van der Waals surface area contributed by atoms with Gasteiger partial charge >= 0.3 is 23.9 Å². The standard InChI is InChI=1S/C23H30N2O5.2C23H30N2O4.C23H28N2O4/c1-5-14-12-25-10-9-23(27)20-17(7-6-8-19(20)29-3)24-21(23)18(25)11-15(14)16(13-28-2)22(26)30-4;3*1-5-14-12-25-10-9-15-21-18(7-6-8-20(21)28-3)24-22(15)19(25)11-16(14)17(13-27-2)23(26)29-4/h6-8,13-15,18,27H,5,9-12H2,1-4H3;2*6-8,13-14,16,19,24H,5,9-12H2,1-4H3;5-8,13-14,16,19,24H,1,9-12H2,2-4H3/b16-13+;3*17-13+/t14-,15+,18+,23+;14-,16+,19+;14-,16+,19-;14-,16-,19-/m1110/s1. The minimum absolute atomic E-state index is 0.0135. The summed E-state index contributed by atoms with van der Waals surface area (Å²) in [5.74, 6) is 3.53. The first kappa shape index (κ1) is 84.9. The smallest absolute Gasteiger partial charge is 0.337 e. The monoisotopic (exact) mass is 1610 g/mol. The molecule has 628 valence electrons. The lowest BCUT2D eigenvalue weighted by atomic mass is 9.70. The average molecular weight is 1610 g/mol. The van der Waals surface area contributed by atoms with Crippen LogP contribution in [0.15, 0.2) is 138 Å². The number of aromatic nitrogens is 3. The van der Waals surface area contributed by atoms with Crippen LogP contribution in [-0.2, 0) is 81.9 Å². The molecule has 117 heavy (non-hydrogen) atoms. The Balaban J connectivity index is 0.000000135. The van der Waals surface area contributed by atoms with E-state index in [2.05, 4.69) is 80.1 Å². The van der Waals surface area contributed by atoms with Crippen LogP contribution in [0.5, 0.6) is 23.0 Å². The largest absolute Gasteiger partial charge is 0.504 e. The van der Waals surface area contributed by atoms with Crippen LogP contribution in [0, 0.1) is 47.3 Å². The van der Waals surface area contributed by atoms with Gasteiger partial charge in [0.2, 0.25) is 0 Å². The molecule has 25 heteroatoms. The summed E-state index contributed by atoms with van der Waals surface area (Å²) in [5.41, 5.74) is 14.7. The van der Waals surface area contributed by atoms with Gasteiger partial charge in [-0.25, -0.2) is 19.2 Å². The summed E-state index contributed by atoms with van der Waals surface area (Å²) in [5, 5.41) is 15.3. The van der Waals surface area contributed by atoms with Crippen molar-refractivity contribution in [3.8, 4) is 23.0 Å². The number of aromatic amines is 3. The molecular formula is C92H118N8O17. The van der Waals surface area contributed by atoms with Crippen LogP contribution in [0.3, 0.4) is 0 Å². The van der Waals surface area contributed by atoms with Gasteiger partial charge in [0.05, 0.1) is 174 Å². The van der Waals surface area contributed by atoms with E-state index in [0.29, 0.717) is 58.6 Å². The first-order chi connectivity index (χ1) is 56.8. The van der Waals surface area contributed by atoms with E-state index in [1.807, 2.05) is 60.7 Å². The predicted octanol–water partition coefficient (Wildman–Crippen LogP) is 14.0. The van der Waals surface area contributed by atoms with E-state index in [0.717, 1.165) is 161 Å². The second-order valence-electron chi connectivity index (χ2n) is 31.9. The van der Waals surface area contributed by atoms with Gasteiger partial charge in [-0.3, -0.25) is 24.6 Å². The number of nitrogens with one attached hydrogen (secondary N) is 3. The molecule has 0 amide bonds. The van der Waals surface area contributed by atoms with E-state index in [-0.39, 0.29) is 77.6 Å². The van der Waals surface area contributed by atoms with E-state index in [4.69, 9.17) is 61.8 Å². The van der Waals surface area contributed by atoms with Gasteiger partial charge in [-0.2, -0.15) is 0 Å². The van der Waals surface area contributed by atoms with E-state index in [1.165, 1.54) is 90.9 Å². The highest BCUT2D eigenvalue weighted by molar-refractivity contribution is 6.05. The van der Waals surface area contributed by atoms with Crippen molar-refractivity contribution in [1.82, 2.24) is 34.6 Å². The summed E-state index contributed by atoms with van der Waals surface area (Å²) in [4.78, 5) is 75.8. The van der Waals surface area contributed by atoms with E-state index >= 15 is 0 Å². The fraction of sp³-hybridized carbons (Fsp3) is 0.511. The Hall–Kier alpha value is -10.1. The summed E-state index contributed by atoms with van der Waals surface area (Å²) in [6, 6.07) is 24.7.